The van der Waals surface area contributed by atoms with Gasteiger partial charge in [0.05, 0.1) is 55.6 Å². The standard InChI is InChI=1S/C26H28FN3O5.C23H24FN3O4.C2H5Cl.CO/c1-17(32)15-29(16-31)23-10-7-20(13-24(23)34-3)22-14-26(35-28-22)11-4-12-30(25(26)33)18(2)19-5-8-21(27)9-6-19;1-15(16-4-7-18(24)8-5-16)27-11-3-10-23(22(27)29)13-20(26-31-23)17-6-9-19(25-14-28)21(12-17)30-2;1-2-3;1-2/h5-10,13,16,18H,4,11-12,14-15H2,1-3H3;4-9,12,14-15H,3,10-11,13H2,1-2H3,(H,25,28);2H2,1H3;. The van der Waals surface area contributed by atoms with Crippen LogP contribution < -0.4 is 19.7 Å². The number of alkyl halides is 1. The van der Waals surface area contributed by atoms with E-state index in [1.807, 2.05) is 26.8 Å². The molecule has 4 unspecified atom stereocenters. The molecule has 16 nitrogen and oxygen atoms in total. The van der Waals surface area contributed by atoms with Crippen LogP contribution in [0.15, 0.2) is 95.2 Å². The summed E-state index contributed by atoms with van der Waals surface area (Å²) in [6, 6.07) is 22.4. The molecule has 2 saturated heterocycles. The minimum absolute atomic E-state index is 0.0665. The number of hydrogen-bond donors (Lipinski definition) is 1. The number of methoxy groups -OCH3 is 2. The first kappa shape index (κ1) is 54.8. The number of carbonyl (C=O) groups excluding carboxylic acids is 5. The Bertz CT molecular complexity index is 2620. The van der Waals surface area contributed by atoms with Gasteiger partial charge in [0.2, 0.25) is 24.0 Å². The number of benzene rings is 4. The quantitative estimate of drug-likeness (QED) is 0.0559. The van der Waals surface area contributed by atoms with Gasteiger partial charge in [0.25, 0.3) is 11.8 Å². The molecule has 0 saturated carbocycles. The monoisotopic (exact) mass is 998 g/mol. The van der Waals surface area contributed by atoms with E-state index in [1.54, 1.807) is 64.4 Å². The molecule has 4 atom stereocenters. The van der Waals surface area contributed by atoms with Crippen LogP contribution in [0.5, 0.6) is 11.5 Å². The summed E-state index contributed by atoms with van der Waals surface area (Å²) in [5.74, 6) is 0.583. The second-order valence-corrected chi connectivity index (χ2v) is 17.6. The Labute approximate surface area is 416 Å². The maximum absolute atomic E-state index is 13.6. The Morgan fingerprint density at radius 1 is 0.803 bits per heavy atom. The molecule has 0 aromatic heterocycles. The number of amides is 4. The zero-order valence-corrected chi connectivity index (χ0v) is 41.2. The zero-order chi connectivity index (χ0) is 51.9. The third-order valence-electron chi connectivity index (χ3n) is 12.6. The molecule has 4 heterocycles. The molecule has 2 fully saturated rings. The number of rotatable bonds is 14. The van der Waals surface area contributed by atoms with E-state index in [0.717, 1.165) is 35.4 Å². The van der Waals surface area contributed by atoms with Crippen LogP contribution in [0.25, 0.3) is 0 Å². The fourth-order valence-corrected chi connectivity index (χ4v) is 8.92. The molecule has 4 aromatic rings. The third-order valence-corrected chi connectivity index (χ3v) is 12.6. The number of nitrogens with one attached hydrogen (secondary N) is 1. The van der Waals surface area contributed by atoms with E-state index >= 15 is 0 Å². The molecule has 71 heavy (non-hydrogen) atoms. The molecule has 4 amide bonds. The molecule has 0 bridgehead atoms. The number of hydrogen-bond acceptors (Lipinski definition) is 11. The van der Waals surface area contributed by atoms with Crippen LogP contribution in [0, 0.1) is 18.3 Å². The van der Waals surface area contributed by atoms with Crippen LogP contribution in [0.3, 0.4) is 0 Å². The Morgan fingerprint density at radius 3 is 1.65 bits per heavy atom. The third kappa shape index (κ3) is 12.6. The Morgan fingerprint density at radius 2 is 1.24 bits per heavy atom. The summed E-state index contributed by atoms with van der Waals surface area (Å²) < 4.78 is 45.0. The second kappa shape index (κ2) is 25.1. The molecule has 376 valence electrons. The van der Waals surface area contributed by atoms with Crippen molar-refractivity contribution in [1.82, 2.24) is 9.80 Å². The van der Waals surface area contributed by atoms with Gasteiger partial charge in [-0.25, -0.2) is 8.78 Å². The summed E-state index contributed by atoms with van der Waals surface area (Å²) in [4.78, 5) is 77.2. The SMILES string of the molecule is CCCl.COc1cc(C2=NOC3(CCCN(C(C)c4ccc(F)cc4)C3=O)C2)ccc1N(C=O)CC(C)=O.COc1cc(C2=NOC3(CCCN(C(C)c4ccc(F)cc4)C3=O)C2)ccc1NC=O.[C-]#[O+]. The first-order valence-electron chi connectivity index (χ1n) is 22.8. The molecule has 1 N–H and O–H groups in total. The Balaban J connectivity index is 0.000000244. The van der Waals surface area contributed by atoms with Crippen molar-refractivity contribution in [1.29, 1.82) is 0 Å². The van der Waals surface area contributed by atoms with Gasteiger partial charge in [-0.15, -0.1) is 11.6 Å². The van der Waals surface area contributed by atoms with Crippen LogP contribution in [-0.2, 0) is 38.3 Å². The molecule has 4 aliphatic rings. The van der Waals surface area contributed by atoms with Crippen LogP contribution in [0.4, 0.5) is 20.2 Å². The molecule has 8 rings (SSSR count). The summed E-state index contributed by atoms with van der Waals surface area (Å²) in [6.45, 7) is 12.8. The zero-order valence-electron chi connectivity index (χ0n) is 40.4. The molecule has 0 aliphatic carbocycles. The van der Waals surface area contributed by atoms with Crippen molar-refractivity contribution in [2.45, 2.75) is 89.5 Å². The first-order valence-corrected chi connectivity index (χ1v) is 23.4. The van der Waals surface area contributed by atoms with Crippen molar-refractivity contribution >= 4 is 64.8 Å². The number of ketones is 1. The van der Waals surface area contributed by atoms with E-state index < -0.39 is 11.2 Å². The predicted octanol–water partition coefficient (Wildman–Crippen LogP) is 8.49. The van der Waals surface area contributed by atoms with E-state index in [0.29, 0.717) is 91.5 Å². The van der Waals surface area contributed by atoms with Gasteiger partial charge in [-0.2, -0.15) is 0 Å². The number of halogens is 3. The number of carbonyl (C=O) groups is 5. The predicted molar refractivity (Wildman–Crippen MR) is 262 cm³/mol. The summed E-state index contributed by atoms with van der Waals surface area (Å²) in [5, 5.41) is 11.1. The molecular formula is C52H57ClF2N6O10. The molecular weight excluding hydrogens is 942 g/mol. The number of nitrogens with zero attached hydrogens (tertiary/aromatic N) is 5. The van der Waals surface area contributed by atoms with Gasteiger partial charge in [-0.1, -0.05) is 53.6 Å². The second-order valence-electron chi connectivity index (χ2n) is 17.0. The summed E-state index contributed by atoms with van der Waals surface area (Å²) >= 11 is 5.00. The fourth-order valence-electron chi connectivity index (χ4n) is 8.92. The summed E-state index contributed by atoms with van der Waals surface area (Å²) in [7, 11) is 3.00. The van der Waals surface area contributed by atoms with Crippen molar-refractivity contribution in [3.05, 3.63) is 125 Å². The van der Waals surface area contributed by atoms with Gasteiger partial charge in [-0.05, 0) is 93.3 Å². The number of Topliss-reactive ketones (excluding diaryl/α,β-unsaturated/α-hetero) is 1. The number of piperidine rings is 2. The van der Waals surface area contributed by atoms with Gasteiger partial charge in [-0.3, -0.25) is 24.0 Å². The molecule has 0 radical (unpaired) electrons. The Hall–Kier alpha value is -7.14. The van der Waals surface area contributed by atoms with Crippen molar-refractivity contribution in [3.63, 3.8) is 0 Å². The van der Waals surface area contributed by atoms with Gasteiger partial charge in [0.1, 0.15) is 28.9 Å². The number of ether oxygens (including phenoxy) is 2. The van der Waals surface area contributed by atoms with Crippen LogP contribution in [0.1, 0.15) is 101 Å². The van der Waals surface area contributed by atoms with Gasteiger partial charge >= 0.3 is 11.3 Å². The van der Waals surface area contributed by atoms with Crippen LogP contribution in [-0.4, -0.2) is 103 Å². The van der Waals surface area contributed by atoms with Crippen molar-refractivity contribution < 1.29 is 56.6 Å². The first-order chi connectivity index (χ1) is 34.2. The number of oxime groups is 2. The normalized spacial score (nSPS) is 19.6. The maximum atomic E-state index is 13.6. The van der Waals surface area contributed by atoms with E-state index in [1.165, 1.54) is 50.3 Å². The molecule has 4 aliphatic heterocycles. The molecule has 2 spiro atoms. The topological polar surface area (TPSA) is 189 Å². The summed E-state index contributed by atoms with van der Waals surface area (Å²) in [5.41, 5.74) is 3.33. The van der Waals surface area contributed by atoms with Crippen molar-refractivity contribution in [2.24, 2.45) is 10.3 Å². The van der Waals surface area contributed by atoms with Gasteiger partial charge < -0.3 is 39.2 Å². The van der Waals surface area contributed by atoms with Crippen molar-refractivity contribution in [2.75, 3.05) is 50.0 Å². The average molecular weight is 1000 g/mol. The van der Waals surface area contributed by atoms with Crippen LogP contribution >= 0.6 is 11.6 Å². The molecule has 4 aromatic carbocycles. The fraction of sp³-hybridized carbons (Fsp3) is 0.385. The number of anilines is 2. The van der Waals surface area contributed by atoms with E-state index in [-0.39, 0.29) is 47.9 Å². The Kier molecular flexibility index (Phi) is 19.4. The van der Waals surface area contributed by atoms with E-state index in [4.69, 9.17) is 35.4 Å². The summed E-state index contributed by atoms with van der Waals surface area (Å²) in [6.07, 6.45) is 4.47. The number of likely N-dealkylation sites (tertiary alicyclic amines) is 2. The van der Waals surface area contributed by atoms with Crippen molar-refractivity contribution in [3.8, 4) is 11.5 Å². The van der Waals surface area contributed by atoms with Gasteiger partial charge in [0.15, 0.2) is 0 Å². The van der Waals surface area contributed by atoms with Crippen LogP contribution in [0.2, 0.25) is 0 Å². The van der Waals surface area contributed by atoms with E-state index in [9.17, 15) is 32.8 Å². The average Bonchev–Trinajstić information content (AvgIpc) is 4.02. The van der Waals surface area contributed by atoms with Gasteiger partial charge in [0, 0.05) is 55.8 Å². The van der Waals surface area contributed by atoms with E-state index in [2.05, 4.69) is 22.3 Å². The minimum atomic E-state index is -1.09. The molecule has 19 heteroatoms.